The molecule has 6 heteroatoms. The highest BCUT2D eigenvalue weighted by Gasteiger charge is 2.27. The summed E-state index contributed by atoms with van der Waals surface area (Å²) in [5.74, 6) is -0.669. The van der Waals surface area contributed by atoms with Gasteiger partial charge in [0, 0.05) is 6.04 Å². The van der Waals surface area contributed by atoms with Gasteiger partial charge in [-0.15, -0.1) is 0 Å². The molecule has 0 spiro atoms. The molecule has 0 saturated carbocycles. The molecule has 0 aliphatic carbocycles. The predicted molar refractivity (Wildman–Crippen MR) is 66.7 cm³/mol. The van der Waals surface area contributed by atoms with Crippen molar-refractivity contribution in [2.24, 2.45) is 0 Å². The molecule has 0 radical (unpaired) electrons. The highest BCUT2D eigenvalue weighted by atomic mass is 19.4. The average Bonchev–Trinajstić information content (AvgIpc) is 2.33. The molecule has 1 amide bonds. The zero-order chi connectivity index (χ0) is 14.5. The monoisotopic (exact) mass is 274 g/mol. The van der Waals surface area contributed by atoms with E-state index in [1.807, 2.05) is 43.4 Å². The van der Waals surface area contributed by atoms with E-state index in [1.54, 1.807) is 0 Å². The molecule has 0 unspecified atom stereocenters. The Balaban J connectivity index is 2.40. The Morgan fingerprint density at radius 2 is 1.95 bits per heavy atom. The van der Waals surface area contributed by atoms with Gasteiger partial charge in [-0.2, -0.15) is 13.2 Å². The molecule has 1 aromatic rings. The number of hydrogen-bond acceptors (Lipinski definition) is 2. The lowest BCUT2D eigenvalue weighted by Gasteiger charge is -2.16. The van der Waals surface area contributed by atoms with E-state index in [-0.39, 0.29) is 12.6 Å². The Morgan fingerprint density at radius 1 is 1.32 bits per heavy atom. The van der Waals surface area contributed by atoms with Crippen LogP contribution in [0.2, 0.25) is 0 Å². The molecule has 0 heterocycles. The van der Waals surface area contributed by atoms with Crippen LogP contribution in [-0.2, 0) is 4.79 Å². The second-order valence-corrected chi connectivity index (χ2v) is 4.35. The van der Waals surface area contributed by atoms with Crippen molar-refractivity contribution >= 4 is 5.91 Å². The molecule has 19 heavy (non-hydrogen) atoms. The fourth-order valence-electron chi connectivity index (χ4n) is 1.69. The minimum absolute atomic E-state index is 0.0992. The summed E-state index contributed by atoms with van der Waals surface area (Å²) in [6.07, 6.45) is -4.38. The first-order valence-corrected chi connectivity index (χ1v) is 5.92. The SMILES string of the molecule is Cc1ccccc1[C@H](C)NCC(=O)NCC(F)(F)F. The smallest absolute Gasteiger partial charge is 0.346 e. The number of carbonyl (C=O) groups is 1. The first kappa shape index (κ1) is 15.5. The average molecular weight is 274 g/mol. The van der Waals surface area contributed by atoms with Crippen molar-refractivity contribution < 1.29 is 18.0 Å². The van der Waals surface area contributed by atoms with Crippen LogP contribution in [-0.4, -0.2) is 25.2 Å². The molecule has 0 fully saturated rings. The van der Waals surface area contributed by atoms with Crippen molar-refractivity contribution in [1.29, 1.82) is 0 Å². The molecule has 0 aliphatic rings. The molecule has 0 saturated heterocycles. The maximum Gasteiger partial charge on any atom is 0.405 e. The fourth-order valence-corrected chi connectivity index (χ4v) is 1.69. The number of alkyl halides is 3. The van der Waals surface area contributed by atoms with Gasteiger partial charge in [0.25, 0.3) is 0 Å². The maximum absolute atomic E-state index is 11.9. The second-order valence-electron chi connectivity index (χ2n) is 4.35. The van der Waals surface area contributed by atoms with Crippen LogP contribution in [0.4, 0.5) is 13.2 Å². The first-order valence-electron chi connectivity index (χ1n) is 5.92. The molecule has 0 bridgehead atoms. The van der Waals surface area contributed by atoms with Crippen molar-refractivity contribution in [3.8, 4) is 0 Å². The summed E-state index contributed by atoms with van der Waals surface area (Å²) in [5.41, 5.74) is 2.09. The second kappa shape index (κ2) is 6.56. The van der Waals surface area contributed by atoms with Crippen LogP contribution in [0.5, 0.6) is 0 Å². The number of halogens is 3. The molecule has 1 rings (SSSR count). The Bertz CT molecular complexity index is 432. The Hall–Kier alpha value is -1.56. The van der Waals surface area contributed by atoms with E-state index >= 15 is 0 Å². The quantitative estimate of drug-likeness (QED) is 0.865. The third kappa shape index (κ3) is 5.74. The highest BCUT2D eigenvalue weighted by Crippen LogP contribution is 2.16. The number of carbonyl (C=O) groups excluding carboxylic acids is 1. The summed E-state index contributed by atoms with van der Waals surface area (Å²) in [6.45, 7) is 2.36. The van der Waals surface area contributed by atoms with Crippen molar-refractivity contribution in [3.05, 3.63) is 35.4 Å². The molecule has 2 N–H and O–H groups in total. The lowest BCUT2D eigenvalue weighted by Crippen LogP contribution is -2.39. The lowest BCUT2D eigenvalue weighted by atomic mass is 10.0. The van der Waals surface area contributed by atoms with Crippen LogP contribution in [0, 0.1) is 6.92 Å². The van der Waals surface area contributed by atoms with Gasteiger partial charge >= 0.3 is 6.18 Å². The molecular weight excluding hydrogens is 257 g/mol. The zero-order valence-electron chi connectivity index (χ0n) is 10.8. The van der Waals surface area contributed by atoms with Gasteiger partial charge in [0.15, 0.2) is 0 Å². The molecule has 0 aromatic heterocycles. The van der Waals surface area contributed by atoms with Crippen LogP contribution < -0.4 is 10.6 Å². The minimum Gasteiger partial charge on any atom is -0.346 e. The van der Waals surface area contributed by atoms with Gasteiger partial charge in [0.1, 0.15) is 6.54 Å². The van der Waals surface area contributed by atoms with E-state index in [9.17, 15) is 18.0 Å². The number of hydrogen-bond donors (Lipinski definition) is 2. The van der Waals surface area contributed by atoms with Gasteiger partial charge in [-0.25, -0.2) is 0 Å². The summed E-state index contributed by atoms with van der Waals surface area (Å²) >= 11 is 0. The molecule has 3 nitrogen and oxygen atoms in total. The zero-order valence-corrected chi connectivity index (χ0v) is 10.8. The highest BCUT2D eigenvalue weighted by molar-refractivity contribution is 5.78. The van der Waals surface area contributed by atoms with Crippen LogP contribution >= 0.6 is 0 Å². The maximum atomic E-state index is 11.9. The third-order valence-corrected chi connectivity index (χ3v) is 2.71. The number of benzene rings is 1. The minimum atomic E-state index is -4.38. The predicted octanol–water partition coefficient (Wildman–Crippen LogP) is 2.32. The number of rotatable bonds is 5. The molecular formula is C13H17F3N2O. The summed E-state index contributed by atoms with van der Waals surface area (Å²) in [6, 6.07) is 7.54. The van der Waals surface area contributed by atoms with E-state index in [4.69, 9.17) is 0 Å². The number of nitrogens with one attached hydrogen (secondary N) is 2. The van der Waals surface area contributed by atoms with Crippen molar-refractivity contribution in [1.82, 2.24) is 10.6 Å². The summed E-state index contributed by atoms with van der Waals surface area (Å²) < 4.78 is 35.7. The van der Waals surface area contributed by atoms with Gasteiger partial charge in [0.05, 0.1) is 6.54 Å². The van der Waals surface area contributed by atoms with Crippen LogP contribution in [0.3, 0.4) is 0 Å². The van der Waals surface area contributed by atoms with E-state index in [1.165, 1.54) is 0 Å². The van der Waals surface area contributed by atoms with E-state index in [0.29, 0.717) is 0 Å². The molecule has 106 valence electrons. The van der Waals surface area contributed by atoms with Gasteiger partial charge in [-0.05, 0) is 25.0 Å². The molecule has 1 aromatic carbocycles. The number of amides is 1. The van der Waals surface area contributed by atoms with Crippen molar-refractivity contribution in [3.63, 3.8) is 0 Å². The first-order chi connectivity index (χ1) is 8.79. The van der Waals surface area contributed by atoms with E-state index < -0.39 is 18.6 Å². The lowest BCUT2D eigenvalue weighted by molar-refractivity contribution is -0.137. The molecule has 1 atom stereocenters. The standard InChI is InChI=1S/C13H17F3N2O/c1-9-5-3-4-6-11(9)10(2)17-7-12(19)18-8-13(14,15)16/h3-6,10,17H,7-8H2,1-2H3,(H,18,19)/t10-/m0/s1. The fraction of sp³-hybridized carbons (Fsp3) is 0.462. The van der Waals surface area contributed by atoms with Crippen LogP contribution in [0.1, 0.15) is 24.1 Å². The summed E-state index contributed by atoms with van der Waals surface area (Å²) in [7, 11) is 0. The van der Waals surface area contributed by atoms with Gasteiger partial charge < -0.3 is 10.6 Å². The summed E-state index contributed by atoms with van der Waals surface area (Å²) in [4.78, 5) is 11.2. The largest absolute Gasteiger partial charge is 0.405 e. The Morgan fingerprint density at radius 3 is 2.53 bits per heavy atom. The summed E-state index contributed by atoms with van der Waals surface area (Å²) in [5, 5.41) is 4.71. The van der Waals surface area contributed by atoms with Crippen LogP contribution in [0.25, 0.3) is 0 Å². The third-order valence-electron chi connectivity index (χ3n) is 2.71. The molecule has 0 aliphatic heterocycles. The van der Waals surface area contributed by atoms with Gasteiger partial charge in [-0.1, -0.05) is 24.3 Å². The topological polar surface area (TPSA) is 41.1 Å². The van der Waals surface area contributed by atoms with Crippen LogP contribution in [0.15, 0.2) is 24.3 Å². The number of aryl methyl sites for hydroxylation is 1. The van der Waals surface area contributed by atoms with E-state index in [2.05, 4.69) is 5.32 Å². The van der Waals surface area contributed by atoms with Crippen molar-refractivity contribution in [2.75, 3.05) is 13.1 Å². The Labute approximate surface area is 110 Å². The normalized spacial score (nSPS) is 13.1. The van der Waals surface area contributed by atoms with Crippen molar-refractivity contribution in [2.45, 2.75) is 26.1 Å². The van der Waals surface area contributed by atoms with Gasteiger partial charge in [0.2, 0.25) is 5.91 Å². The Kier molecular flexibility index (Phi) is 5.35. The van der Waals surface area contributed by atoms with Gasteiger partial charge in [-0.3, -0.25) is 4.79 Å². The van der Waals surface area contributed by atoms with E-state index in [0.717, 1.165) is 11.1 Å².